The van der Waals surface area contributed by atoms with Crippen molar-refractivity contribution in [3.63, 3.8) is 0 Å². The summed E-state index contributed by atoms with van der Waals surface area (Å²) in [5, 5.41) is 9.28. The van der Waals surface area contributed by atoms with E-state index in [2.05, 4.69) is 0 Å². The smallest absolute Gasteiger partial charge is 0.307 e. The van der Waals surface area contributed by atoms with Gasteiger partial charge in [-0.1, -0.05) is 36.8 Å². The number of carbonyl (C=O) groups is 2. The second-order valence-corrected chi connectivity index (χ2v) is 6.31. The average Bonchev–Trinajstić information content (AvgIpc) is 2.82. The van der Waals surface area contributed by atoms with Gasteiger partial charge in [-0.3, -0.25) is 9.59 Å². The topological polar surface area (TPSA) is 57.6 Å². The largest absolute Gasteiger partial charge is 0.481 e. The number of nitrogens with zero attached hydrogens (tertiary/aromatic N) is 1. The highest BCUT2D eigenvalue weighted by Crippen LogP contribution is 2.37. The summed E-state index contributed by atoms with van der Waals surface area (Å²) in [5.41, 5.74) is 2.25. The van der Waals surface area contributed by atoms with Gasteiger partial charge in [0.1, 0.15) is 0 Å². The molecule has 0 saturated heterocycles. The Kier molecular flexibility index (Phi) is 4.66. The molecule has 1 N–H and O–H groups in total. The first kappa shape index (κ1) is 15.5. The molecule has 4 heteroatoms. The molecule has 0 radical (unpaired) electrons. The van der Waals surface area contributed by atoms with E-state index >= 15 is 0 Å². The van der Waals surface area contributed by atoms with Crippen LogP contribution in [0.2, 0.25) is 0 Å². The quantitative estimate of drug-likeness (QED) is 0.927. The second-order valence-electron chi connectivity index (χ2n) is 6.31. The van der Waals surface area contributed by atoms with Crippen LogP contribution in [0.5, 0.6) is 0 Å². The Balaban J connectivity index is 2.04. The van der Waals surface area contributed by atoms with Gasteiger partial charge in [-0.15, -0.1) is 0 Å². The Morgan fingerprint density at radius 2 is 1.76 bits per heavy atom. The molecule has 114 valence electrons. The number of carboxylic acids is 1. The number of amides is 1. The first-order chi connectivity index (χ1) is 9.88. The van der Waals surface area contributed by atoms with Gasteiger partial charge in [0.25, 0.3) is 0 Å². The Morgan fingerprint density at radius 3 is 2.33 bits per heavy atom. The lowest BCUT2D eigenvalue weighted by atomic mass is 9.94. The molecule has 4 nitrogen and oxygen atoms in total. The molecule has 2 rings (SSSR count). The molecule has 1 aromatic carbocycles. The third-order valence-corrected chi connectivity index (χ3v) is 4.35. The fourth-order valence-electron chi connectivity index (χ4n) is 3.17. The summed E-state index contributed by atoms with van der Waals surface area (Å²) in [7, 11) is 1.75. The monoisotopic (exact) mass is 289 g/mol. The first-order valence-electron chi connectivity index (χ1n) is 7.41. The molecule has 1 fully saturated rings. The van der Waals surface area contributed by atoms with Crippen molar-refractivity contribution in [2.75, 3.05) is 7.05 Å². The normalized spacial score (nSPS) is 24.8. The molecule has 3 atom stereocenters. The van der Waals surface area contributed by atoms with E-state index in [-0.39, 0.29) is 11.8 Å². The molecule has 0 heterocycles. The van der Waals surface area contributed by atoms with E-state index in [4.69, 9.17) is 0 Å². The molecule has 1 saturated carbocycles. The fraction of sp³-hybridized carbons (Fsp3) is 0.529. The number of carbonyl (C=O) groups excluding carboxylic acids is 1. The fourth-order valence-corrected chi connectivity index (χ4v) is 3.17. The lowest BCUT2D eigenvalue weighted by Crippen LogP contribution is -2.36. The number of aryl methyl sites for hydroxylation is 1. The van der Waals surface area contributed by atoms with Crippen LogP contribution >= 0.6 is 0 Å². The lowest BCUT2D eigenvalue weighted by molar-refractivity contribution is -0.148. The van der Waals surface area contributed by atoms with Crippen molar-refractivity contribution in [3.8, 4) is 0 Å². The zero-order valence-electron chi connectivity index (χ0n) is 12.9. The van der Waals surface area contributed by atoms with Crippen molar-refractivity contribution < 1.29 is 14.7 Å². The van der Waals surface area contributed by atoms with Crippen LogP contribution in [0.15, 0.2) is 24.3 Å². The van der Waals surface area contributed by atoms with Crippen LogP contribution < -0.4 is 0 Å². The number of benzene rings is 1. The lowest BCUT2D eigenvalue weighted by Gasteiger charge is -2.23. The third kappa shape index (κ3) is 3.63. The molecule has 1 amide bonds. The number of rotatable bonds is 4. The highest BCUT2D eigenvalue weighted by Gasteiger charge is 2.42. The molecule has 1 aliphatic rings. The van der Waals surface area contributed by atoms with Crippen molar-refractivity contribution in [3.05, 3.63) is 35.4 Å². The zero-order chi connectivity index (χ0) is 15.6. The van der Waals surface area contributed by atoms with Gasteiger partial charge in [0.15, 0.2) is 0 Å². The molecule has 0 aromatic heterocycles. The standard InChI is InChI=1S/C17H23NO3/c1-11-4-6-13(7-5-11)10-18(3)16(19)14-8-12(2)9-15(14)17(20)21/h4-7,12,14-15H,8-10H2,1-3H3,(H,20,21)/t12?,14-,15+/m0/s1. The van der Waals surface area contributed by atoms with E-state index in [1.807, 2.05) is 38.1 Å². The maximum atomic E-state index is 12.5. The van der Waals surface area contributed by atoms with Gasteiger partial charge in [0.2, 0.25) is 5.91 Å². The Bertz CT molecular complexity index is 523. The average molecular weight is 289 g/mol. The summed E-state index contributed by atoms with van der Waals surface area (Å²) in [6.07, 6.45) is 1.28. The van der Waals surface area contributed by atoms with E-state index in [0.717, 1.165) is 5.56 Å². The van der Waals surface area contributed by atoms with Crippen molar-refractivity contribution in [2.45, 2.75) is 33.2 Å². The summed E-state index contributed by atoms with van der Waals surface area (Å²) in [6.45, 7) is 4.57. The minimum atomic E-state index is -0.846. The summed E-state index contributed by atoms with van der Waals surface area (Å²) < 4.78 is 0. The van der Waals surface area contributed by atoms with Gasteiger partial charge in [0, 0.05) is 13.6 Å². The van der Waals surface area contributed by atoms with Gasteiger partial charge in [-0.05, 0) is 31.2 Å². The van der Waals surface area contributed by atoms with E-state index in [0.29, 0.717) is 25.3 Å². The van der Waals surface area contributed by atoms with Crippen molar-refractivity contribution in [1.82, 2.24) is 4.90 Å². The summed E-state index contributed by atoms with van der Waals surface area (Å²) >= 11 is 0. The van der Waals surface area contributed by atoms with Crippen molar-refractivity contribution in [1.29, 1.82) is 0 Å². The minimum Gasteiger partial charge on any atom is -0.481 e. The number of carboxylic acid groups (broad SMARTS) is 1. The van der Waals surface area contributed by atoms with Crippen molar-refractivity contribution >= 4 is 11.9 Å². The predicted molar refractivity (Wildman–Crippen MR) is 80.7 cm³/mol. The van der Waals surface area contributed by atoms with Crippen LogP contribution in [0.3, 0.4) is 0 Å². The van der Waals surface area contributed by atoms with E-state index < -0.39 is 11.9 Å². The van der Waals surface area contributed by atoms with Gasteiger partial charge in [-0.25, -0.2) is 0 Å². The van der Waals surface area contributed by atoms with Crippen LogP contribution in [-0.2, 0) is 16.1 Å². The predicted octanol–water partition coefficient (Wildman–Crippen LogP) is 2.70. The highest BCUT2D eigenvalue weighted by atomic mass is 16.4. The van der Waals surface area contributed by atoms with Crippen LogP contribution in [-0.4, -0.2) is 28.9 Å². The Labute approximate surface area is 125 Å². The first-order valence-corrected chi connectivity index (χ1v) is 7.41. The third-order valence-electron chi connectivity index (χ3n) is 4.35. The molecule has 1 aromatic rings. The summed E-state index contributed by atoms with van der Waals surface area (Å²) in [6, 6.07) is 8.05. The molecule has 1 aliphatic carbocycles. The van der Waals surface area contributed by atoms with Crippen molar-refractivity contribution in [2.24, 2.45) is 17.8 Å². The molecule has 0 spiro atoms. The molecular weight excluding hydrogens is 266 g/mol. The van der Waals surface area contributed by atoms with Gasteiger partial charge in [-0.2, -0.15) is 0 Å². The van der Waals surface area contributed by atoms with Crippen LogP contribution in [0, 0.1) is 24.7 Å². The summed E-state index contributed by atoms with van der Waals surface area (Å²) in [5.74, 6) is -1.51. The molecule has 0 aliphatic heterocycles. The number of hydrogen-bond donors (Lipinski definition) is 1. The van der Waals surface area contributed by atoms with Gasteiger partial charge < -0.3 is 10.0 Å². The van der Waals surface area contributed by atoms with E-state index in [9.17, 15) is 14.7 Å². The second kappa shape index (κ2) is 6.29. The number of aliphatic carboxylic acids is 1. The maximum absolute atomic E-state index is 12.5. The maximum Gasteiger partial charge on any atom is 0.307 e. The SMILES string of the molecule is Cc1ccc(CN(C)C(=O)[C@H]2CC(C)C[C@H]2C(=O)O)cc1. The molecule has 1 unspecified atom stereocenters. The highest BCUT2D eigenvalue weighted by molar-refractivity contribution is 5.85. The zero-order valence-corrected chi connectivity index (χ0v) is 12.9. The van der Waals surface area contributed by atoms with Gasteiger partial charge in [0.05, 0.1) is 11.8 Å². The Morgan fingerprint density at radius 1 is 1.19 bits per heavy atom. The molecular formula is C17H23NO3. The van der Waals surface area contributed by atoms with Crippen LogP contribution in [0.1, 0.15) is 30.9 Å². The molecule has 0 bridgehead atoms. The van der Waals surface area contributed by atoms with E-state index in [1.165, 1.54) is 5.56 Å². The van der Waals surface area contributed by atoms with E-state index in [1.54, 1.807) is 11.9 Å². The Hall–Kier alpha value is -1.84. The number of hydrogen-bond acceptors (Lipinski definition) is 2. The summed E-state index contributed by atoms with van der Waals surface area (Å²) in [4.78, 5) is 25.5. The van der Waals surface area contributed by atoms with Crippen LogP contribution in [0.25, 0.3) is 0 Å². The van der Waals surface area contributed by atoms with Crippen LogP contribution in [0.4, 0.5) is 0 Å². The molecule has 21 heavy (non-hydrogen) atoms. The van der Waals surface area contributed by atoms with Gasteiger partial charge >= 0.3 is 5.97 Å². The minimum absolute atomic E-state index is 0.0488.